The third-order valence-corrected chi connectivity index (χ3v) is 6.03. The van der Waals surface area contributed by atoms with Crippen molar-refractivity contribution in [2.24, 2.45) is 0 Å². The van der Waals surface area contributed by atoms with Crippen LogP contribution in [0.15, 0.2) is 74.7 Å². The first kappa shape index (κ1) is 22.0. The minimum absolute atomic E-state index is 0.252. The van der Waals surface area contributed by atoms with Crippen LogP contribution in [0, 0.1) is 13.8 Å². The van der Waals surface area contributed by atoms with Gasteiger partial charge in [0.05, 0.1) is 16.6 Å². The molecule has 0 aliphatic heterocycles. The van der Waals surface area contributed by atoms with Gasteiger partial charge in [-0.15, -0.1) is 0 Å². The van der Waals surface area contributed by atoms with Gasteiger partial charge in [0.2, 0.25) is 5.91 Å². The smallest absolute Gasteiger partial charge is 0.325 e. The number of aromatic nitrogens is 2. The van der Waals surface area contributed by atoms with E-state index in [1.54, 1.807) is 42.5 Å². The van der Waals surface area contributed by atoms with E-state index < -0.39 is 11.2 Å². The molecule has 162 valence electrons. The topological polar surface area (TPSA) is 73.1 Å². The molecule has 0 fully saturated rings. The van der Waals surface area contributed by atoms with E-state index in [1.807, 2.05) is 32.0 Å². The summed E-state index contributed by atoms with van der Waals surface area (Å²) in [5.41, 5.74) is 2.47. The number of halogens is 2. The molecular formula is C24H19BrClN3O3. The summed E-state index contributed by atoms with van der Waals surface area (Å²) in [6.07, 6.45) is 0. The molecule has 0 saturated carbocycles. The lowest BCUT2D eigenvalue weighted by atomic mass is 10.1. The van der Waals surface area contributed by atoms with Gasteiger partial charge in [-0.05, 0) is 79.6 Å². The van der Waals surface area contributed by atoms with Crippen LogP contribution in [0.3, 0.4) is 0 Å². The molecule has 0 unspecified atom stereocenters. The van der Waals surface area contributed by atoms with Crippen LogP contribution in [0.25, 0.3) is 16.6 Å². The highest BCUT2D eigenvalue weighted by Gasteiger charge is 2.17. The van der Waals surface area contributed by atoms with Crippen molar-refractivity contribution in [3.05, 3.63) is 102 Å². The molecule has 0 atom stereocenters. The Bertz CT molecular complexity index is 1470. The summed E-state index contributed by atoms with van der Waals surface area (Å²) in [4.78, 5) is 39.4. The van der Waals surface area contributed by atoms with Crippen LogP contribution < -0.4 is 16.6 Å². The molecule has 0 radical (unpaired) electrons. The van der Waals surface area contributed by atoms with Crippen LogP contribution >= 0.6 is 27.5 Å². The van der Waals surface area contributed by atoms with Crippen LogP contribution in [-0.4, -0.2) is 15.0 Å². The van der Waals surface area contributed by atoms with Crippen LogP contribution in [0.4, 0.5) is 5.69 Å². The molecule has 0 spiro atoms. The van der Waals surface area contributed by atoms with E-state index in [9.17, 15) is 14.4 Å². The number of fused-ring (bicyclic) bond motifs is 1. The Hall–Kier alpha value is -3.16. The standard InChI is InChI=1S/C24H19BrClN3O3/c1-14-3-7-18(11-15(14)2)27-22(30)13-28-21-10-4-16(25)12-20(21)23(31)29(24(28)32)19-8-5-17(26)6-9-19/h3-12H,13H2,1-2H3,(H,27,30). The second-order valence-corrected chi connectivity index (χ2v) is 8.85. The molecule has 4 aromatic rings. The van der Waals surface area contributed by atoms with E-state index in [-0.39, 0.29) is 12.5 Å². The highest BCUT2D eigenvalue weighted by molar-refractivity contribution is 9.10. The molecule has 1 heterocycles. The number of carbonyl (C=O) groups excluding carboxylic acids is 1. The predicted octanol–water partition coefficient (Wildman–Crippen LogP) is 4.82. The van der Waals surface area contributed by atoms with Gasteiger partial charge in [-0.2, -0.15) is 0 Å². The SMILES string of the molecule is Cc1ccc(NC(=O)Cn2c(=O)n(-c3ccc(Cl)cc3)c(=O)c3cc(Br)ccc32)cc1C. The number of nitrogens with one attached hydrogen (secondary N) is 1. The molecule has 0 aliphatic rings. The Kier molecular flexibility index (Phi) is 6.04. The lowest BCUT2D eigenvalue weighted by molar-refractivity contribution is -0.116. The fourth-order valence-electron chi connectivity index (χ4n) is 3.48. The second kappa shape index (κ2) is 8.76. The summed E-state index contributed by atoms with van der Waals surface area (Å²) in [7, 11) is 0. The van der Waals surface area contributed by atoms with Gasteiger partial charge < -0.3 is 5.32 Å². The van der Waals surface area contributed by atoms with Gasteiger partial charge in [-0.1, -0.05) is 33.6 Å². The number of rotatable bonds is 4. The van der Waals surface area contributed by atoms with Crippen LogP contribution in [-0.2, 0) is 11.3 Å². The Morgan fingerprint density at radius 1 is 0.969 bits per heavy atom. The van der Waals surface area contributed by atoms with E-state index in [0.717, 1.165) is 15.7 Å². The highest BCUT2D eigenvalue weighted by atomic mass is 79.9. The van der Waals surface area contributed by atoms with Crippen molar-refractivity contribution >= 4 is 50.0 Å². The third kappa shape index (κ3) is 4.26. The normalized spacial score (nSPS) is 11.0. The van der Waals surface area contributed by atoms with E-state index in [1.165, 1.54) is 4.57 Å². The van der Waals surface area contributed by atoms with E-state index >= 15 is 0 Å². The summed E-state index contributed by atoms with van der Waals surface area (Å²) >= 11 is 9.34. The number of anilines is 1. The van der Waals surface area contributed by atoms with Gasteiger partial charge in [0, 0.05) is 15.2 Å². The molecule has 8 heteroatoms. The zero-order chi connectivity index (χ0) is 23.0. The van der Waals surface area contributed by atoms with Gasteiger partial charge in [0.1, 0.15) is 6.54 Å². The fourth-order valence-corrected chi connectivity index (χ4v) is 3.97. The molecule has 0 bridgehead atoms. The third-order valence-electron chi connectivity index (χ3n) is 5.28. The minimum atomic E-state index is -0.609. The molecular weight excluding hydrogens is 494 g/mol. The van der Waals surface area contributed by atoms with Gasteiger partial charge in [0.25, 0.3) is 5.56 Å². The van der Waals surface area contributed by atoms with E-state index in [4.69, 9.17) is 11.6 Å². The first-order valence-electron chi connectivity index (χ1n) is 9.83. The number of benzene rings is 3. The largest absolute Gasteiger partial charge is 0.336 e. The van der Waals surface area contributed by atoms with Crippen molar-refractivity contribution in [3.63, 3.8) is 0 Å². The minimum Gasteiger partial charge on any atom is -0.325 e. The highest BCUT2D eigenvalue weighted by Crippen LogP contribution is 2.18. The van der Waals surface area contributed by atoms with Crippen molar-refractivity contribution in [1.29, 1.82) is 0 Å². The zero-order valence-electron chi connectivity index (χ0n) is 17.4. The van der Waals surface area contributed by atoms with E-state index in [2.05, 4.69) is 21.2 Å². The number of hydrogen-bond acceptors (Lipinski definition) is 3. The van der Waals surface area contributed by atoms with Crippen molar-refractivity contribution in [1.82, 2.24) is 9.13 Å². The number of nitrogens with zero attached hydrogens (tertiary/aromatic N) is 2. The number of aryl methyl sites for hydroxylation is 2. The van der Waals surface area contributed by atoms with Crippen molar-refractivity contribution < 1.29 is 4.79 Å². The van der Waals surface area contributed by atoms with Gasteiger partial charge >= 0.3 is 5.69 Å². The molecule has 32 heavy (non-hydrogen) atoms. The Morgan fingerprint density at radius 2 is 1.69 bits per heavy atom. The lowest BCUT2D eigenvalue weighted by Crippen LogP contribution is -2.40. The van der Waals surface area contributed by atoms with Crippen LogP contribution in [0.1, 0.15) is 11.1 Å². The average molecular weight is 513 g/mol. The summed E-state index contributed by atoms with van der Waals surface area (Å²) in [6.45, 7) is 3.70. The summed E-state index contributed by atoms with van der Waals surface area (Å²) in [5.74, 6) is -0.374. The molecule has 1 amide bonds. The Balaban J connectivity index is 1.83. The maximum atomic E-state index is 13.4. The lowest BCUT2D eigenvalue weighted by Gasteiger charge is -2.15. The van der Waals surface area contributed by atoms with Crippen molar-refractivity contribution in [3.8, 4) is 5.69 Å². The first-order chi connectivity index (χ1) is 15.2. The molecule has 3 aromatic carbocycles. The second-order valence-electron chi connectivity index (χ2n) is 7.49. The zero-order valence-corrected chi connectivity index (χ0v) is 19.7. The van der Waals surface area contributed by atoms with Crippen molar-refractivity contribution in [2.45, 2.75) is 20.4 Å². The maximum absolute atomic E-state index is 13.4. The number of amides is 1. The molecule has 6 nitrogen and oxygen atoms in total. The predicted molar refractivity (Wildman–Crippen MR) is 131 cm³/mol. The van der Waals surface area contributed by atoms with E-state index in [0.29, 0.717) is 31.8 Å². The van der Waals surface area contributed by atoms with Gasteiger partial charge in [-0.3, -0.25) is 14.2 Å². The van der Waals surface area contributed by atoms with Gasteiger partial charge in [-0.25, -0.2) is 9.36 Å². The molecule has 0 saturated heterocycles. The van der Waals surface area contributed by atoms with Gasteiger partial charge in [0.15, 0.2) is 0 Å². The Morgan fingerprint density at radius 3 is 2.38 bits per heavy atom. The van der Waals surface area contributed by atoms with Crippen LogP contribution in [0.2, 0.25) is 5.02 Å². The summed E-state index contributed by atoms with van der Waals surface area (Å²) in [5, 5.41) is 3.63. The number of carbonyl (C=O) groups is 1. The quantitative estimate of drug-likeness (QED) is 0.426. The number of hydrogen-bond donors (Lipinski definition) is 1. The summed E-state index contributed by atoms with van der Waals surface area (Å²) < 4.78 is 3.04. The molecule has 4 rings (SSSR count). The Labute approximate surface area is 197 Å². The molecule has 1 N–H and O–H groups in total. The maximum Gasteiger partial charge on any atom is 0.336 e. The first-order valence-corrected chi connectivity index (χ1v) is 11.0. The fraction of sp³-hybridized carbons (Fsp3) is 0.125. The van der Waals surface area contributed by atoms with Crippen LogP contribution in [0.5, 0.6) is 0 Å². The molecule has 0 aliphatic carbocycles. The summed E-state index contributed by atoms with van der Waals surface area (Å²) in [6, 6.07) is 17.0. The molecule has 1 aromatic heterocycles. The average Bonchev–Trinajstić information content (AvgIpc) is 2.75. The van der Waals surface area contributed by atoms with Crippen molar-refractivity contribution in [2.75, 3.05) is 5.32 Å². The monoisotopic (exact) mass is 511 g/mol.